The number of hydrogen-bond acceptors (Lipinski definition) is 7. The summed E-state index contributed by atoms with van der Waals surface area (Å²) in [6, 6.07) is 0. The quantitative estimate of drug-likeness (QED) is 0.794. The zero-order valence-corrected chi connectivity index (χ0v) is 11.4. The van der Waals surface area contributed by atoms with Gasteiger partial charge in [0.05, 0.1) is 12.4 Å². The second-order valence-corrected chi connectivity index (χ2v) is 4.06. The van der Waals surface area contributed by atoms with Crippen LogP contribution in [0.15, 0.2) is 16.9 Å². The third-order valence-electron chi connectivity index (χ3n) is 2.42. The van der Waals surface area contributed by atoms with Gasteiger partial charge in [-0.05, 0) is 13.8 Å². The molecule has 8 nitrogen and oxygen atoms in total. The Hall–Kier alpha value is -2.51. The first-order valence-corrected chi connectivity index (χ1v) is 6.32. The fourth-order valence-corrected chi connectivity index (χ4v) is 1.56. The Balaban J connectivity index is 1.86. The van der Waals surface area contributed by atoms with Gasteiger partial charge in [-0.1, -0.05) is 5.16 Å². The molecule has 0 atom stereocenters. The molecular weight excluding hydrogens is 260 g/mol. The molecule has 0 saturated carbocycles. The van der Waals surface area contributed by atoms with Gasteiger partial charge in [0.2, 0.25) is 5.89 Å². The van der Waals surface area contributed by atoms with Crippen molar-refractivity contribution in [1.29, 1.82) is 0 Å². The van der Waals surface area contributed by atoms with Crippen LogP contribution in [0.4, 0.5) is 5.82 Å². The Labute approximate surface area is 116 Å². The van der Waals surface area contributed by atoms with Gasteiger partial charge >= 0.3 is 0 Å². The van der Waals surface area contributed by atoms with E-state index in [1.807, 2.05) is 6.92 Å². The normalized spacial score (nSPS) is 10.3. The fraction of sp³-hybridized carbons (Fsp3) is 0.417. The van der Waals surface area contributed by atoms with Crippen LogP contribution in [0.5, 0.6) is 0 Å². The summed E-state index contributed by atoms with van der Waals surface area (Å²) in [5, 5.41) is 9.40. The van der Waals surface area contributed by atoms with E-state index < -0.39 is 0 Å². The van der Waals surface area contributed by atoms with Crippen LogP contribution in [0.1, 0.15) is 29.1 Å². The summed E-state index contributed by atoms with van der Waals surface area (Å²) in [6.45, 7) is 4.80. The highest BCUT2D eigenvalue weighted by Gasteiger charge is 2.09. The highest BCUT2D eigenvalue weighted by molar-refractivity contribution is 5.92. The lowest BCUT2D eigenvalue weighted by atomic mass is 10.3. The van der Waals surface area contributed by atoms with Crippen molar-refractivity contribution in [2.45, 2.75) is 20.3 Å². The molecule has 2 aromatic heterocycles. The summed E-state index contributed by atoms with van der Waals surface area (Å²) in [7, 11) is 0. The molecule has 20 heavy (non-hydrogen) atoms. The van der Waals surface area contributed by atoms with E-state index in [0.717, 1.165) is 6.54 Å². The molecule has 0 aliphatic heterocycles. The van der Waals surface area contributed by atoms with Crippen LogP contribution in [0.2, 0.25) is 0 Å². The SMILES string of the molecule is CCNc1cncc(C(=O)NCCc2nc(C)no2)n1. The zero-order chi connectivity index (χ0) is 14.4. The van der Waals surface area contributed by atoms with E-state index in [1.165, 1.54) is 6.20 Å². The summed E-state index contributed by atoms with van der Waals surface area (Å²) >= 11 is 0. The van der Waals surface area contributed by atoms with E-state index in [2.05, 4.69) is 30.7 Å². The summed E-state index contributed by atoms with van der Waals surface area (Å²) in [5.74, 6) is 1.37. The molecule has 0 bridgehead atoms. The third kappa shape index (κ3) is 3.74. The number of aromatic nitrogens is 4. The van der Waals surface area contributed by atoms with Crippen molar-refractivity contribution in [3.05, 3.63) is 29.8 Å². The molecule has 2 N–H and O–H groups in total. The highest BCUT2D eigenvalue weighted by atomic mass is 16.5. The first-order valence-electron chi connectivity index (χ1n) is 6.32. The Morgan fingerprint density at radius 3 is 2.90 bits per heavy atom. The fourth-order valence-electron chi connectivity index (χ4n) is 1.56. The van der Waals surface area contributed by atoms with Gasteiger partial charge in [-0.15, -0.1) is 0 Å². The summed E-state index contributed by atoms with van der Waals surface area (Å²) in [6.07, 6.45) is 3.47. The maximum Gasteiger partial charge on any atom is 0.271 e. The van der Waals surface area contributed by atoms with Gasteiger partial charge in [0.1, 0.15) is 11.5 Å². The van der Waals surface area contributed by atoms with E-state index in [-0.39, 0.29) is 11.6 Å². The van der Waals surface area contributed by atoms with Gasteiger partial charge < -0.3 is 15.2 Å². The molecule has 106 valence electrons. The summed E-state index contributed by atoms with van der Waals surface area (Å²) in [4.78, 5) is 24.1. The first kappa shape index (κ1) is 13.9. The minimum absolute atomic E-state index is 0.269. The van der Waals surface area contributed by atoms with Crippen molar-refractivity contribution in [1.82, 2.24) is 25.4 Å². The molecule has 0 aromatic carbocycles. The molecule has 0 spiro atoms. The minimum Gasteiger partial charge on any atom is -0.369 e. The number of nitrogens with one attached hydrogen (secondary N) is 2. The van der Waals surface area contributed by atoms with Crippen molar-refractivity contribution >= 4 is 11.7 Å². The molecular formula is C12H16N6O2. The smallest absolute Gasteiger partial charge is 0.271 e. The predicted octanol–water partition coefficient (Wildman–Crippen LogP) is 0.572. The van der Waals surface area contributed by atoms with E-state index in [1.54, 1.807) is 13.1 Å². The number of anilines is 1. The number of carbonyl (C=O) groups excluding carboxylic acids is 1. The van der Waals surface area contributed by atoms with Crippen molar-refractivity contribution in [2.24, 2.45) is 0 Å². The summed E-state index contributed by atoms with van der Waals surface area (Å²) in [5.41, 5.74) is 0.269. The summed E-state index contributed by atoms with van der Waals surface area (Å²) < 4.78 is 4.95. The Morgan fingerprint density at radius 1 is 1.35 bits per heavy atom. The van der Waals surface area contributed by atoms with Crippen LogP contribution >= 0.6 is 0 Å². The van der Waals surface area contributed by atoms with E-state index in [0.29, 0.717) is 30.5 Å². The minimum atomic E-state index is -0.284. The average molecular weight is 276 g/mol. The average Bonchev–Trinajstić information content (AvgIpc) is 2.85. The highest BCUT2D eigenvalue weighted by Crippen LogP contribution is 2.02. The molecule has 2 rings (SSSR count). The second kappa shape index (κ2) is 6.60. The zero-order valence-electron chi connectivity index (χ0n) is 11.4. The van der Waals surface area contributed by atoms with Gasteiger partial charge in [-0.3, -0.25) is 9.78 Å². The number of carbonyl (C=O) groups is 1. The topological polar surface area (TPSA) is 106 Å². The van der Waals surface area contributed by atoms with Gasteiger partial charge in [0, 0.05) is 19.5 Å². The second-order valence-electron chi connectivity index (χ2n) is 4.06. The van der Waals surface area contributed by atoms with Gasteiger partial charge in [0.15, 0.2) is 5.82 Å². The molecule has 2 heterocycles. The maximum absolute atomic E-state index is 11.9. The molecule has 0 unspecified atom stereocenters. The number of hydrogen-bond donors (Lipinski definition) is 2. The van der Waals surface area contributed by atoms with E-state index in [9.17, 15) is 4.79 Å². The van der Waals surface area contributed by atoms with E-state index in [4.69, 9.17) is 4.52 Å². The van der Waals surface area contributed by atoms with Crippen molar-refractivity contribution in [3.63, 3.8) is 0 Å². The van der Waals surface area contributed by atoms with Crippen LogP contribution in [-0.4, -0.2) is 39.1 Å². The Morgan fingerprint density at radius 2 is 2.20 bits per heavy atom. The van der Waals surface area contributed by atoms with Crippen LogP contribution in [0.25, 0.3) is 0 Å². The number of amides is 1. The monoisotopic (exact) mass is 276 g/mol. The van der Waals surface area contributed by atoms with Gasteiger partial charge in [-0.25, -0.2) is 4.98 Å². The number of nitrogens with zero attached hydrogens (tertiary/aromatic N) is 4. The maximum atomic E-state index is 11.9. The largest absolute Gasteiger partial charge is 0.369 e. The number of aryl methyl sites for hydroxylation is 1. The third-order valence-corrected chi connectivity index (χ3v) is 2.42. The van der Waals surface area contributed by atoms with Crippen LogP contribution in [0, 0.1) is 6.92 Å². The molecule has 8 heteroatoms. The standard InChI is InChI=1S/C12H16N6O2/c1-3-14-10-7-13-6-9(17-10)12(19)15-5-4-11-16-8(2)18-20-11/h6-7H,3-5H2,1-2H3,(H,14,17)(H,15,19). The lowest BCUT2D eigenvalue weighted by molar-refractivity contribution is 0.0948. The van der Waals surface area contributed by atoms with Gasteiger partial charge in [0.25, 0.3) is 5.91 Å². The molecule has 0 fully saturated rings. The van der Waals surface area contributed by atoms with Gasteiger partial charge in [-0.2, -0.15) is 4.98 Å². The Bertz CT molecular complexity index is 583. The van der Waals surface area contributed by atoms with Crippen LogP contribution in [0.3, 0.4) is 0 Å². The van der Waals surface area contributed by atoms with Crippen molar-refractivity contribution < 1.29 is 9.32 Å². The van der Waals surface area contributed by atoms with Crippen molar-refractivity contribution in [2.75, 3.05) is 18.4 Å². The molecule has 1 amide bonds. The van der Waals surface area contributed by atoms with Crippen LogP contribution in [-0.2, 0) is 6.42 Å². The molecule has 0 aliphatic rings. The predicted molar refractivity (Wildman–Crippen MR) is 71.3 cm³/mol. The lowest BCUT2D eigenvalue weighted by Crippen LogP contribution is -2.27. The molecule has 0 saturated heterocycles. The number of rotatable bonds is 6. The Kier molecular flexibility index (Phi) is 4.59. The van der Waals surface area contributed by atoms with Crippen molar-refractivity contribution in [3.8, 4) is 0 Å². The van der Waals surface area contributed by atoms with Crippen LogP contribution < -0.4 is 10.6 Å². The molecule has 0 aliphatic carbocycles. The first-order chi connectivity index (χ1) is 9.69. The lowest BCUT2D eigenvalue weighted by Gasteiger charge is -2.05. The molecule has 0 radical (unpaired) electrons. The molecule has 2 aromatic rings. The van der Waals surface area contributed by atoms with E-state index >= 15 is 0 Å².